The molecule has 29 heavy (non-hydrogen) atoms. The first kappa shape index (κ1) is 18.4. The molecule has 1 aromatic rings. The number of nitrogens with one attached hydrogen (secondary N) is 2. The molecule has 0 aliphatic carbocycles. The third kappa shape index (κ3) is 3.46. The quantitative estimate of drug-likeness (QED) is 0.815. The highest BCUT2D eigenvalue weighted by Crippen LogP contribution is 2.38. The third-order valence-corrected chi connectivity index (χ3v) is 6.64. The molecule has 2 saturated heterocycles. The van der Waals surface area contributed by atoms with Crippen molar-refractivity contribution in [3.63, 3.8) is 0 Å². The van der Waals surface area contributed by atoms with E-state index in [2.05, 4.69) is 69.9 Å². The van der Waals surface area contributed by atoms with Gasteiger partial charge in [-0.25, -0.2) is 4.99 Å². The van der Waals surface area contributed by atoms with Crippen LogP contribution in [0.15, 0.2) is 52.7 Å². The van der Waals surface area contributed by atoms with Gasteiger partial charge < -0.3 is 20.4 Å². The molecule has 4 aliphatic heterocycles. The molecule has 4 aliphatic rings. The van der Waals surface area contributed by atoms with Crippen molar-refractivity contribution < 1.29 is 0 Å². The second-order valence-electron chi connectivity index (χ2n) is 8.86. The second kappa shape index (κ2) is 7.34. The molecule has 152 valence electrons. The summed E-state index contributed by atoms with van der Waals surface area (Å²) in [5.41, 5.74) is 4.78. The highest BCUT2D eigenvalue weighted by molar-refractivity contribution is 6.21. The summed E-state index contributed by atoms with van der Waals surface area (Å²) in [6.45, 7) is 4.44. The average molecular weight is 391 g/mol. The standard InChI is InChI=1S/C23H30N6/c1-28(2)18-6-4-17(5-7-18)19-14-20-21(26-12-11-25-20)22(27-19)29-13-9-23(16-29)8-3-10-24-15-23/h4-7,11-12,14,21,24,26H,3,8-10,13,15-16H2,1-2H3. The van der Waals surface area contributed by atoms with Crippen molar-refractivity contribution in [2.24, 2.45) is 15.4 Å². The summed E-state index contributed by atoms with van der Waals surface area (Å²) in [7, 11) is 4.13. The fourth-order valence-corrected chi connectivity index (χ4v) is 4.95. The smallest absolute Gasteiger partial charge is 0.134 e. The summed E-state index contributed by atoms with van der Waals surface area (Å²) in [4.78, 5) is 14.4. The van der Waals surface area contributed by atoms with Gasteiger partial charge >= 0.3 is 0 Å². The summed E-state index contributed by atoms with van der Waals surface area (Å²) in [5, 5.41) is 7.10. The lowest BCUT2D eigenvalue weighted by atomic mass is 9.80. The monoisotopic (exact) mass is 390 g/mol. The molecule has 0 amide bonds. The third-order valence-electron chi connectivity index (χ3n) is 6.64. The number of hydrogen-bond donors (Lipinski definition) is 2. The SMILES string of the molecule is CN(C)c1ccc(C2=CC3=NC=CNC3C(N3CCC4(CCCNC4)C3)=N2)cc1. The number of fused-ring (bicyclic) bond motifs is 1. The van der Waals surface area contributed by atoms with Gasteiger partial charge in [0.15, 0.2) is 0 Å². The Morgan fingerprint density at radius 3 is 2.79 bits per heavy atom. The van der Waals surface area contributed by atoms with E-state index < -0.39 is 0 Å². The van der Waals surface area contributed by atoms with Crippen LogP contribution in [0.4, 0.5) is 5.69 Å². The Kier molecular flexibility index (Phi) is 4.66. The number of anilines is 1. The molecule has 0 aromatic heterocycles. The molecule has 5 rings (SSSR count). The fraction of sp³-hybridized carbons (Fsp3) is 0.478. The molecule has 1 aromatic carbocycles. The Morgan fingerprint density at radius 2 is 2.03 bits per heavy atom. The van der Waals surface area contributed by atoms with Gasteiger partial charge in [-0.15, -0.1) is 0 Å². The summed E-state index contributed by atoms with van der Waals surface area (Å²) >= 11 is 0. The van der Waals surface area contributed by atoms with E-state index in [-0.39, 0.29) is 6.04 Å². The topological polar surface area (TPSA) is 55.3 Å². The van der Waals surface area contributed by atoms with Crippen LogP contribution in [-0.2, 0) is 0 Å². The molecular weight excluding hydrogens is 360 g/mol. The lowest BCUT2D eigenvalue weighted by Gasteiger charge is -2.36. The minimum absolute atomic E-state index is 0.0523. The summed E-state index contributed by atoms with van der Waals surface area (Å²) in [6.07, 6.45) is 9.74. The van der Waals surface area contributed by atoms with Crippen LogP contribution in [0.25, 0.3) is 5.70 Å². The first-order valence-corrected chi connectivity index (χ1v) is 10.7. The van der Waals surface area contributed by atoms with Crippen LogP contribution in [0.5, 0.6) is 0 Å². The van der Waals surface area contributed by atoms with E-state index in [1.54, 1.807) is 0 Å². The number of benzene rings is 1. The molecule has 2 unspecified atom stereocenters. The fourth-order valence-electron chi connectivity index (χ4n) is 4.95. The molecular formula is C23H30N6. The molecule has 2 fully saturated rings. The van der Waals surface area contributed by atoms with Crippen LogP contribution >= 0.6 is 0 Å². The molecule has 6 nitrogen and oxygen atoms in total. The van der Waals surface area contributed by atoms with E-state index in [1.807, 2.05) is 12.4 Å². The van der Waals surface area contributed by atoms with Gasteiger partial charge in [0.25, 0.3) is 0 Å². The second-order valence-corrected chi connectivity index (χ2v) is 8.86. The number of rotatable bonds is 2. The predicted molar refractivity (Wildman–Crippen MR) is 120 cm³/mol. The van der Waals surface area contributed by atoms with Crippen LogP contribution in [0.2, 0.25) is 0 Å². The number of aliphatic imine (C=N–C) groups is 2. The molecule has 4 heterocycles. The molecule has 2 atom stereocenters. The normalized spacial score (nSPS) is 28.4. The van der Waals surface area contributed by atoms with Crippen molar-refractivity contribution in [1.29, 1.82) is 0 Å². The van der Waals surface area contributed by atoms with Gasteiger partial charge in [-0.05, 0) is 44.0 Å². The minimum atomic E-state index is 0.0523. The number of piperidine rings is 1. The molecule has 1 spiro atoms. The molecule has 0 bridgehead atoms. The Balaban J connectivity index is 1.46. The zero-order chi connectivity index (χ0) is 19.8. The average Bonchev–Trinajstić information content (AvgIpc) is 3.16. The van der Waals surface area contributed by atoms with Gasteiger partial charge in [-0.2, -0.15) is 0 Å². The number of amidine groups is 1. The van der Waals surface area contributed by atoms with E-state index in [0.29, 0.717) is 5.41 Å². The molecule has 6 heteroatoms. The lowest BCUT2D eigenvalue weighted by Crippen LogP contribution is -2.51. The Bertz CT molecular complexity index is 886. The first-order valence-electron chi connectivity index (χ1n) is 10.7. The first-order chi connectivity index (χ1) is 14.1. The maximum absolute atomic E-state index is 5.16. The molecule has 0 radical (unpaired) electrons. The van der Waals surface area contributed by atoms with Crippen molar-refractivity contribution in [3.05, 3.63) is 48.3 Å². The van der Waals surface area contributed by atoms with Gasteiger partial charge in [-0.1, -0.05) is 12.1 Å². The summed E-state index contributed by atoms with van der Waals surface area (Å²) < 4.78 is 0. The number of nitrogens with zero attached hydrogens (tertiary/aromatic N) is 4. The van der Waals surface area contributed by atoms with Crippen molar-refractivity contribution in [3.8, 4) is 0 Å². The Morgan fingerprint density at radius 1 is 1.17 bits per heavy atom. The largest absolute Gasteiger partial charge is 0.378 e. The van der Waals surface area contributed by atoms with E-state index in [0.717, 1.165) is 49.0 Å². The van der Waals surface area contributed by atoms with Gasteiger partial charge in [0.1, 0.15) is 11.9 Å². The van der Waals surface area contributed by atoms with Crippen molar-refractivity contribution in [1.82, 2.24) is 15.5 Å². The van der Waals surface area contributed by atoms with Crippen molar-refractivity contribution in [2.45, 2.75) is 25.3 Å². The Hall–Kier alpha value is -2.60. The zero-order valence-electron chi connectivity index (χ0n) is 17.4. The highest BCUT2D eigenvalue weighted by atomic mass is 15.3. The van der Waals surface area contributed by atoms with E-state index in [1.165, 1.54) is 24.9 Å². The maximum Gasteiger partial charge on any atom is 0.134 e. The molecule has 0 saturated carbocycles. The minimum Gasteiger partial charge on any atom is -0.378 e. The summed E-state index contributed by atoms with van der Waals surface area (Å²) in [6, 6.07) is 8.67. The number of hydrogen-bond acceptors (Lipinski definition) is 6. The number of likely N-dealkylation sites (tertiary alicyclic amines) is 1. The maximum atomic E-state index is 5.16. The van der Waals surface area contributed by atoms with Gasteiger partial charge in [0.05, 0.1) is 11.4 Å². The van der Waals surface area contributed by atoms with E-state index in [4.69, 9.17) is 4.99 Å². The van der Waals surface area contributed by atoms with Crippen LogP contribution in [-0.4, -0.2) is 62.8 Å². The van der Waals surface area contributed by atoms with E-state index in [9.17, 15) is 0 Å². The Labute approximate surface area is 173 Å². The van der Waals surface area contributed by atoms with Gasteiger partial charge in [-0.3, -0.25) is 4.99 Å². The van der Waals surface area contributed by atoms with Gasteiger partial charge in [0, 0.05) is 62.8 Å². The van der Waals surface area contributed by atoms with Crippen LogP contribution in [0.3, 0.4) is 0 Å². The zero-order valence-corrected chi connectivity index (χ0v) is 17.4. The van der Waals surface area contributed by atoms with Crippen molar-refractivity contribution in [2.75, 3.05) is 45.2 Å². The lowest BCUT2D eigenvalue weighted by molar-refractivity contribution is 0.222. The van der Waals surface area contributed by atoms with Gasteiger partial charge in [0.2, 0.25) is 0 Å². The van der Waals surface area contributed by atoms with Crippen LogP contribution in [0, 0.1) is 5.41 Å². The van der Waals surface area contributed by atoms with Crippen LogP contribution in [0.1, 0.15) is 24.8 Å². The summed E-state index contributed by atoms with van der Waals surface area (Å²) in [5.74, 6) is 1.12. The highest BCUT2D eigenvalue weighted by Gasteiger charge is 2.42. The van der Waals surface area contributed by atoms with Crippen molar-refractivity contribution >= 4 is 22.9 Å². The predicted octanol–water partition coefficient (Wildman–Crippen LogP) is 2.47. The van der Waals surface area contributed by atoms with Crippen LogP contribution < -0.4 is 15.5 Å². The van der Waals surface area contributed by atoms with E-state index >= 15 is 0 Å². The molecule has 2 N–H and O–H groups in total.